The van der Waals surface area contributed by atoms with E-state index in [0.29, 0.717) is 0 Å². The van der Waals surface area contributed by atoms with Crippen LogP contribution in [0.15, 0.2) is 23.5 Å². The average molecular weight is 222 g/mol. The summed E-state index contributed by atoms with van der Waals surface area (Å²) in [5.41, 5.74) is 2.96. The number of nitrogens with zero attached hydrogens (tertiary/aromatic N) is 2. The number of rotatable bonds is 4. The maximum absolute atomic E-state index is 2.45. The summed E-state index contributed by atoms with van der Waals surface area (Å²) in [6.45, 7) is 13.5. The maximum atomic E-state index is 2.45. The molecular weight excluding hydrogens is 196 g/mol. The lowest BCUT2D eigenvalue weighted by Gasteiger charge is -2.34. The lowest BCUT2D eigenvalue weighted by Crippen LogP contribution is -2.41. The molecule has 0 aromatic heterocycles. The molecule has 1 rings (SSSR count). The molecule has 92 valence electrons. The van der Waals surface area contributed by atoms with Gasteiger partial charge in [0.1, 0.15) is 0 Å². The first-order chi connectivity index (χ1) is 7.65. The third-order valence-corrected chi connectivity index (χ3v) is 3.27. The quantitative estimate of drug-likeness (QED) is 0.720. The molecule has 0 aromatic carbocycles. The van der Waals surface area contributed by atoms with Gasteiger partial charge in [-0.2, -0.15) is 0 Å². The van der Waals surface area contributed by atoms with Crippen LogP contribution in [0.25, 0.3) is 0 Å². The van der Waals surface area contributed by atoms with Crippen molar-refractivity contribution in [2.24, 2.45) is 0 Å². The molecule has 0 amide bonds. The zero-order chi connectivity index (χ0) is 12.0. The van der Waals surface area contributed by atoms with Crippen LogP contribution in [0.3, 0.4) is 0 Å². The smallest absolute Gasteiger partial charge is 0.0349 e. The first-order valence-electron chi connectivity index (χ1n) is 6.48. The molecule has 0 bridgehead atoms. The number of allylic oxidation sites excluding steroid dienone is 2. The lowest BCUT2D eigenvalue weighted by molar-refractivity contribution is 0.216. The molecular formula is C14H26N2. The minimum absolute atomic E-state index is 1.16. The standard InChI is InChI=1S/C14H26N2/c1-5-13(3)11-15-7-9-16(10-8-15)12-14(4)6-2/h11-12H,5-10H2,1-4H3/b13-11-,14-12-. The summed E-state index contributed by atoms with van der Waals surface area (Å²) in [5.74, 6) is 0. The summed E-state index contributed by atoms with van der Waals surface area (Å²) >= 11 is 0. The summed E-state index contributed by atoms with van der Waals surface area (Å²) in [7, 11) is 0. The fraction of sp³-hybridized carbons (Fsp3) is 0.714. The molecule has 0 N–H and O–H groups in total. The van der Waals surface area contributed by atoms with Crippen LogP contribution in [-0.4, -0.2) is 36.0 Å². The normalized spacial score (nSPS) is 19.2. The molecule has 1 fully saturated rings. The summed E-state index contributed by atoms with van der Waals surface area (Å²) < 4.78 is 0. The Morgan fingerprint density at radius 1 is 0.812 bits per heavy atom. The number of hydrogen-bond acceptors (Lipinski definition) is 2. The highest BCUT2D eigenvalue weighted by atomic mass is 15.2. The largest absolute Gasteiger partial charge is 0.374 e. The zero-order valence-electron chi connectivity index (χ0n) is 11.3. The second-order valence-electron chi connectivity index (χ2n) is 4.73. The molecule has 0 saturated carbocycles. The third kappa shape index (κ3) is 4.30. The Bertz CT molecular complexity index is 230. The van der Waals surface area contributed by atoms with Gasteiger partial charge in [0.05, 0.1) is 0 Å². The van der Waals surface area contributed by atoms with Crippen LogP contribution in [0, 0.1) is 0 Å². The van der Waals surface area contributed by atoms with Gasteiger partial charge in [-0.25, -0.2) is 0 Å². The SMILES string of the molecule is CC/C(C)=C\N1CCN(/C=C(/C)CC)CC1. The van der Waals surface area contributed by atoms with Gasteiger partial charge in [-0.3, -0.25) is 0 Å². The molecule has 1 aliphatic rings. The third-order valence-electron chi connectivity index (χ3n) is 3.27. The van der Waals surface area contributed by atoms with Crippen molar-refractivity contribution in [1.29, 1.82) is 0 Å². The van der Waals surface area contributed by atoms with Crippen molar-refractivity contribution in [3.63, 3.8) is 0 Å². The van der Waals surface area contributed by atoms with Gasteiger partial charge in [0.2, 0.25) is 0 Å². The zero-order valence-corrected chi connectivity index (χ0v) is 11.3. The van der Waals surface area contributed by atoms with E-state index in [1.807, 2.05) is 0 Å². The van der Waals surface area contributed by atoms with Crippen LogP contribution in [-0.2, 0) is 0 Å². The summed E-state index contributed by atoms with van der Waals surface area (Å²) in [5, 5.41) is 0. The lowest BCUT2D eigenvalue weighted by atomic mass is 10.2. The van der Waals surface area contributed by atoms with Crippen molar-refractivity contribution >= 4 is 0 Å². The topological polar surface area (TPSA) is 6.48 Å². The highest BCUT2D eigenvalue weighted by molar-refractivity contribution is 5.00. The Balaban J connectivity index is 2.40. The molecule has 0 unspecified atom stereocenters. The fourth-order valence-corrected chi connectivity index (χ4v) is 1.80. The Labute approximate surface area is 101 Å². The summed E-state index contributed by atoms with van der Waals surface area (Å²) in [4.78, 5) is 4.90. The van der Waals surface area contributed by atoms with Crippen molar-refractivity contribution in [2.75, 3.05) is 26.2 Å². The molecule has 16 heavy (non-hydrogen) atoms. The van der Waals surface area contributed by atoms with Crippen molar-refractivity contribution < 1.29 is 0 Å². The second-order valence-corrected chi connectivity index (χ2v) is 4.73. The van der Waals surface area contributed by atoms with Gasteiger partial charge in [-0.05, 0) is 39.1 Å². The van der Waals surface area contributed by atoms with E-state index in [9.17, 15) is 0 Å². The minimum Gasteiger partial charge on any atom is -0.374 e. The van der Waals surface area contributed by atoms with Gasteiger partial charge >= 0.3 is 0 Å². The van der Waals surface area contributed by atoms with E-state index in [-0.39, 0.29) is 0 Å². The van der Waals surface area contributed by atoms with Crippen molar-refractivity contribution in [3.8, 4) is 0 Å². The van der Waals surface area contributed by atoms with E-state index in [1.54, 1.807) is 0 Å². The predicted molar refractivity (Wildman–Crippen MR) is 71.2 cm³/mol. The number of piperazine rings is 1. The monoisotopic (exact) mass is 222 g/mol. The van der Waals surface area contributed by atoms with Crippen LogP contribution in [0.1, 0.15) is 40.5 Å². The van der Waals surface area contributed by atoms with E-state index < -0.39 is 0 Å². The number of hydrogen-bond donors (Lipinski definition) is 0. The molecule has 0 spiro atoms. The van der Waals surface area contributed by atoms with Gasteiger partial charge in [-0.1, -0.05) is 25.0 Å². The van der Waals surface area contributed by atoms with Crippen molar-refractivity contribution in [3.05, 3.63) is 23.5 Å². The predicted octanol–water partition coefficient (Wildman–Crippen LogP) is 3.23. The maximum Gasteiger partial charge on any atom is 0.0349 e. The summed E-state index contributed by atoms with van der Waals surface area (Å²) in [6, 6.07) is 0. The summed E-state index contributed by atoms with van der Waals surface area (Å²) in [6.07, 6.45) is 6.98. The highest BCUT2D eigenvalue weighted by Gasteiger charge is 2.11. The highest BCUT2D eigenvalue weighted by Crippen LogP contribution is 2.09. The van der Waals surface area contributed by atoms with Crippen LogP contribution in [0.5, 0.6) is 0 Å². The van der Waals surface area contributed by atoms with Gasteiger partial charge in [0.15, 0.2) is 0 Å². The molecule has 2 heteroatoms. The molecule has 0 atom stereocenters. The van der Waals surface area contributed by atoms with Gasteiger partial charge in [0.25, 0.3) is 0 Å². The van der Waals surface area contributed by atoms with Gasteiger partial charge in [-0.15, -0.1) is 0 Å². The van der Waals surface area contributed by atoms with E-state index in [1.165, 1.54) is 11.1 Å². The molecule has 0 aliphatic carbocycles. The fourth-order valence-electron chi connectivity index (χ4n) is 1.80. The van der Waals surface area contributed by atoms with Crippen molar-refractivity contribution in [1.82, 2.24) is 9.80 Å². The Morgan fingerprint density at radius 3 is 1.38 bits per heavy atom. The van der Waals surface area contributed by atoms with Gasteiger partial charge in [0, 0.05) is 26.2 Å². The molecule has 2 nitrogen and oxygen atoms in total. The van der Waals surface area contributed by atoms with Crippen LogP contribution < -0.4 is 0 Å². The second kappa shape index (κ2) is 6.62. The first kappa shape index (κ1) is 13.1. The first-order valence-corrected chi connectivity index (χ1v) is 6.48. The van der Waals surface area contributed by atoms with E-state index in [2.05, 4.69) is 49.9 Å². The minimum atomic E-state index is 1.16. The van der Waals surface area contributed by atoms with E-state index >= 15 is 0 Å². The van der Waals surface area contributed by atoms with E-state index in [0.717, 1.165) is 39.0 Å². The Morgan fingerprint density at radius 2 is 1.12 bits per heavy atom. The Hall–Kier alpha value is -0.920. The van der Waals surface area contributed by atoms with Crippen LogP contribution in [0.4, 0.5) is 0 Å². The molecule has 0 radical (unpaired) electrons. The van der Waals surface area contributed by atoms with Crippen LogP contribution in [0.2, 0.25) is 0 Å². The molecule has 0 aromatic rings. The molecule has 1 saturated heterocycles. The Kier molecular flexibility index (Phi) is 5.44. The van der Waals surface area contributed by atoms with E-state index in [4.69, 9.17) is 0 Å². The average Bonchev–Trinajstić information content (AvgIpc) is 2.31. The van der Waals surface area contributed by atoms with Gasteiger partial charge < -0.3 is 9.80 Å². The van der Waals surface area contributed by atoms with Crippen molar-refractivity contribution in [2.45, 2.75) is 40.5 Å². The molecule has 1 heterocycles. The van der Waals surface area contributed by atoms with Crippen LogP contribution >= 0.6 is 0 Å². The molecule has 1 aliphatic heterocycles.